The Bertz CT molecular complexity index is 713. The minimum atomic E-state index is -0.0259. The van der Waals surface area contributed by atoms with Crippen LogP contribution < -0.4 is 5.32 Å². The molecule has 3 fully saturated rings. The summed E-state index contributed by atoms with van der Waals surface area (Å²) in [6, 6.07) is 9.99. The van der Waals surface area contributed by atoms with Gasteiger partial charge in [0.1, 0.15) is 0 Å². The molecule has 6 nitrogen and oxygen atoms in total. The van der Waals surface area contributed by atoms with Gasteiger partial charge in [0.05, 0.1) is 6.42 Å². The molecule has 0 saturated carbocycles. The van der Waals surface area contributed by atoms with E-state index in [9.17, 15) is 14.4 Å². The monoisotopic (exact) mass is 369 g/mol. The van der Waals surface area contributed by atoms with Crippen LogP contribution in [-0.4, -0.2) is 59.2 Å². The zero-order valence-corrected chi connectivity index (χ0v) is 15.6. The number of likely N-dealkylation sites (tertiary alicyclic amines) is 1. The van der Waals surface area contributed by atoms with Crippen molar-refractivity contribution in [2.45, 2.75) is 50.6 Å². The molecule has 6 heteroatoms. The molecule has 0 aromatic heterocycles. The van der Waals surface area contributed by atoms with Crippen LogP contribution in [0.15, 0.2) is 30.3 Å². The standard InChI is InChI=1S/C21H27N3O3/c25-19-13-17-6-7-18(14-22-19)24(17)21(27)16-8-10-23(11-9-16)20(26)12-15-4-2-1-3-5-15/h1-5,16-18H,6-14H2,(H,22,25)/t17-,18+/m1/s1. The molecule has 2 bridgehead atoms. The third kappa shape index (κ3) is 3.84. The predicted molar refractivity (Wildman–Crippen MR) is 101 cm³/mol. The lowest BCUT2D eigenvalue weighted by Crippen LogP contribution is -2.49. The minimum Gasteiger partial charge on any atom is -0.354 e. The van der Waals surface area contributed by atoms with Gasteiger partial charge in [-0.05, 0) is 31.2 Å². The van der Waals surface area contributed by atoms with Crippen LogP contribution in [0.1, 0.15) is 37.7 Å². The van der Waals surface area contributed by atoms with Gasteiger partial charge in [-0.1, -0.05) is 30.3 Å². The number of carbonyl (C=O) groups excluding carboxylic acids is 3. The van der Waals surface area contributed by atoms with E-state index < -0.39 is 0 Å². The number of fused-ring (bicyclic) bond motifs is 2. The summed E-state index contributed by atoms with van der Waals surface area (Å²) in [5, 5.41) is 2.92. The number of benzene rings is 1. The molecule has 3 heterocycles. The molecule has 0 radical (unpaired) electrons. The Balaban J connectivity index is 1.33. The van der Waals surface area contributed by atoms with Crippen LogP contribution >= 0.6 is 0 Å². The van der Waals surface area contributed by atoms with Gasteiger partial charge in [0.25, 0.3) is 0 Å². The van der Waals surface area contributed by atoms with Gasteiger partial charge in [-0.2, -0.15) is 0 Å². The smallest absolute Gasteiger partial charge is 0.226 e. The number of rotatable bonds is 3. The number of amides is 3. The minimum absolute atomic E-state index is 0.0259. The van der Waals surface area contributed by atoms with Gasteiger partial charge in [0, 0.05) is 44.1 Å². The molecule has 1 N–H and O–H groups in total. The number of piperidine rings is 1. The second-order valence-corrected chi connectivity index (χ2v) is 7.96. The summed E-state index contributed by atoms with van der Waals surface area (Å²) in [6.07, 6.45) is 4.19. The molecule has 0 aliphatic carbocycles. The van der Waals surface area contributed by atoms with Crippen LogP contribution in [-0.2, 0) is 20.8 Å². The number of carbonyl (C=O) groups is 3. The quantitative estimate of drug-likeness (QED) is 0.874. The second kappa shape index (κ2) is 7.71. The van der Waals surface area contributed by atoms with Crippen molar-refractivity contribution in [3.63, 3.8) is 0 Å². The van der Waals surface area contributed by atoms with Gasteiger partial charge >= 0.3 is 0 Å². The molecule has 1 aromatic carbocycles. The summed E-state index contributed by atoms with van der Waals surface area (Å²) in [5.41, 5.74) is 1.03. The zero-order valence-electron chi connectivity index (χ0n) is 15.6. The Morgan fingerprint density at radius 3 is 2.44 bits per heavy atom. The molecule has 3 aliphatic rings. The van der Waals surface area contributed by atoms with Crippen molar-refractivity contribution >= 4 is 17.7 Å². The first-order chi connectivity index (χ1) is 13.1. The van der Waals surface area contributed by atoms with Gasteiger partial charge in [0.15, 0.2) is 0 Å². The van der Waals surface area contributed by atoms with Crippen LogP contribution in [0.3, 0.4) is 0 Å². The Morgan fingerprint density at radius 2 is 1.70 bits per heavy atom. The topological polar surface area (TPSA) is 69.7 Å². The van der Waals surface area contributed by atoms with Gasteiger partial charge in [0.2, 0.25) is 17.7 Å². The fraction of sp³-hybridized carbons (Fsp3) is 0.571. The van der Waals surface area contributed by atoms with Crippen LogP contribution in [0.25, 0.3) is 0 Å². The van der Waals surface area contributed by atoms with E-state index in [0.29, 0.717) is 32.5 Å². The molecule has 0 spiro atoms. The second-order valence-electron chi connectivity index (χ2n) is 7.96. The molecule has 4 rings (SSSR count). The lowest BCUT2D eigenvalue weighted by atomic mass is 9.94. The van der Waals surface area contributed by atoms with Gasteiger partial charge in [-0.15, -0.1) is 0 Å². The van der Waals surface area contributed by atoms with Crippen LogP contribution in [0.4, 0.5) is 0 Å². The fourth-order valence-corrected chi connectivity index (χ4v) is 4.71. The third-order valence-electron chi connectivity index (χ3n) is 6.23. The third-order valence-corrected chi connectivity index (χ3v) is 6.23. The Labute approximate surface area is 159 Å². The summed E-state index contributed by atoms with van der Waals surface area (Å²) in [7, 11) is 0. The number of hydrogen-bond acceptors (Lipinski definition) is 3. The fourth-order valence-electron chi connectivity index (χ4n) is 4.71. The molecule has 27 heavy (non-hydrogen) atoms. The molecule has 1 aromatic rings. The van der Waals surface area contributed by atoms with E-state index in [1.807, 2.05) is 40.1 Å². The van der Waals surface area contributed by atoms with Crippen molar-refractivity contribution in [2.75, 3.05) is 19.6 Å². The lowest BCUT2D eigenvalue weighted by Gasteiger charge is -2.36. The Morgan fingerprint density at radius 1 is 1.00 bits per heavy atom. The maximum Gasteiger partial charge on any atom is 0.226 e. The predicted octanol–water partition coefficient (Wildman–Crippen LogP) is 1.35. The summed E-state index contributed by atoms with van der Waals surface area (Å²) in [5.74, 6) is 0.356. The molecule has 3 aliphatic heterocycles. The molecular weight excluding hydrogens is 342 g/mol. The van der Waals surface area contributed by atoms with Crippen LogP contribution in [0.2, 0.25) is 0 Å². The molecule has 3 saturated heterocycles. The SMILES string of the molecule is O=C1C[C@H]2CC[C@@H](CN1)N2C(=O)C1CCN(C(=O)Cc2ccccc2)CC1. The van der Waals surface area contributed by atoms with Crippen LogP contribution in [0.5, 0.6) is 0 Å². The van der Waals surface area contributed by atoms with E-state index in [0.717, 1.165) is 31.2 Å². The van der Waals surface area contributed by atoms with E-state index in [-0.39, 0.29) is 35.7 Å². The molecule has 144 valence electrons. The normalized spacial score (nSPS) is 25.9. The highest BCUT2D eigenvalue weighted by atomic mass is 16.2. The average molecular weight is 369 g/mol. The maximum absolute atomic E-state index is 13.1. The van der Waals surface area contributed by atoms with Crippen molar-refractivity contribution < 1.29 is 14.4 Å². The molecule has 0 unspecified atom stereocenters. The van der Waals surface area contributed by atoms with Crippen molar-refractivity contribution in [1.82, 2.24) is 15.1 Å². The Kier molecular flexibility index (Phi) is 5.14. The van der Waals surface area contributed by atoms with Gasteiger partial charge in [-0.25, -0.2) is 0 Å². The van der Waals surface area contributed by atoms with E-state index in [1.165, 1.54) is 0 Å². The summed E-state index contributed by atoms with van der Waals surface area (Å²) < 4.78 is 0. The molecular formula is C21H27N3O3. The molecule has 3 amide bonds. The molecule has 2 atom stereocenters. The summed E-state index contributed by atoms with van der Waals surface area (Å²) in [6.45, 7) is 1.86. The average Bonchev–Trinajstić information content (AvgIpc) is 3.00. The number of nitrogens with zero attached hydrogens (tertiary/aromatic N) is 2. The number of nitrogens with one attached hydrogen (secondary N) is 1. The Hall–Kier alpha value is -2.37. The first-order valence-corrected chi connectivity index (χ1v) is 10.0. The first-order valence-electron chi connectivity index (χ1n) is 10.0. The van der Waals surface area contributed by atoms with Gasteiger partial charge in [-0.3, -0.25) is 14.4 Å². The van der Waals surface area contributed by atoms with Gasteiger partial charge < -0.3 is 15.1 Å². The largest absolute Gasteiger partial charge is 0.354 e. The summed E-state index contributed by atoms with van der Waals surface area (Å²) >= 11 is 0. The van der Waals surface area contributed by atoms with Crippen molar-refractivity contribution in [1.29, 1.82) is 0 Å². The van der Waals surface area contributed by atoms with E-state index in [1.54, 1.807) is 0 Å². The highest BCUT2D eigenvalue weighted by molar-refractivity contribution is 5.84. The van der Waals surface area contributed by atoms with E-state index in [4.69, 9.17) is 0 Å². The van der Waals surface area contributed by atoms with Crippen LogP contribution in [0, 0.1) is 5.92 Å². The first kappa shape index (κ1) is 18.0. The van der Waals surface area contributed by atoms with Crippen molar-refractivity contribution in [2.24, 2.45) is 5.92 Å². The van der Waals surface area contributed by atoms with Crippen molar-refractivity contribution in [3.8, 4) is 0 Å². The number of hydrogen-bond donors (Lipinski definition) is 1. The van der Waals surface area contributed by atoms with E-state index >= 15 is 0 Å². The highest BCUT2D eigenvalue weighted by Crippen LogP contribution is 2.32. The van der Waals surface area contributed by atoms with E-state index in [2.05, 4.69) is 5.32 Å². The van der Waals surface area contributed by atoms with Crippen molar-refractivity contribution in [3.05, 3.63) is 35.9 Å². The zero-order chi connectivity index (χ0) is 18.8. The summed E-state index contributed by atoms with van der Waals surface area (Å²) in [4.78, 5) is 41.3. The highest BCUT2D eigenvalue weighted by Gasteiger charge is 2.42. The maximum atomic E-state index is 13.1. The lowest BCUT2D eigenvalue weighted by molar-refractivity contribution is -0.142.